The number of carbonyl (C=O) groups excluding carboxylic acids is 2. The summed E-state index contributed by atoms with van der Waals surface area (Å²) in [7, 11) is 1.70. The van der Waals surface area contributed by atoms with Crippen LogP contribution in [0.15, 0.2) is 34.6 Å². The van der Waals surface area contributed by atoms with Gasteiger partial charge in [0, 0.05) is 25.0 Å². The molecule has 2 aromatic rings. The average Bonchev–Trinajstić information content (AvgIpc) is 3.43. The summed E-state index contributed by atoms with van der Waals surface area (Å²) in [6.07, 6.45) is 0.960. The van der Waals surface area contributed by atoms with Crippen molar-refractivity contribution >= 4 is 41.3 Å². The number of ether oxygens (including phenoxy) is 1. The number of fused-ring (bicyclic) bond motifs is 2. The molecule has 2 N–H and O–H groups in total. The zero-order chi connectivity index (χ0) is 23.1. The third-order valence-electron chi connectivity index (χ3n) is 5.64. The Hall–Kier alpha value is -2.06. The van der Waals surface area contributed by atoms with Gasteiger partial charge in [-0.3, -0.25) is 14.5 Å². The smallest absolute Gasteiger partial charge is 1.00 e. The van der Waals surface area contributed by atoms with Gasteiger partial charge in [-0.15, -0.1) is 16.9 Å². The molecule has 2 amide bonds. The molecule has 3 aliphatic rings. The van der Waals surface area contributed by atoms with Crippen molar-refractivity contribution in [3.63, 3.8) is 0 Å². The molecule has 0 saturated carbocycles. The number of aromatic nitrogens is 4. The minimum absolute atomic E-state index is 0. The Balaban J connectivity index is 0.00000171. The van der Waals surface area contributed by atoms with Crippen LogP contribution < -0.4 is 39.6 Å². The summed E-state index contributed by atoms with van der Waals surface area (Å²) in [5.74, 6) is -0.220. The Labute approximate surface area is 226 Å². The summed E-state index contributed by atoms with van der Waals surface area (Å²) < 4.78 is 6.99. The van der Waals surface area contributed by atoms with E-state index in [-0.39, 0.29) is 49.0 Å². The number of hydrogen-bond acceptors (Lipinski definition) is 9. The van der Waals surface area contributed by atoms with E-state index in [1.54, 1.807) is 7.05 Å². The minimum Gasteiger partial charge on any atom is -1.00 e. The van der Waals surface area contributed by atoms with Gasteiger partial charge in [0.1, 0.15) is 22.9 Å². The van der Waals surface area contributed by atoms with Gasteiger partial charge in [0.2, 0.25) is 11.1 Å². The Kier molecular flexibility index (Phi) is 7.57. The third-order valence-corrected chi connectivity index (χ3v) is 8.08. The molecule has 14 heteroatoms. The fourth-order valence-electron chi connectivity index (χ4n) is 4.05. The summed E-state index contributed by atoms with van der Waals surface area (Å²) in [6, 6.07) is 4.91. The molecule has 2 unspecified atom stereocenters. The number of nitrogens with one attached hydrogen (secondary N) is 1. The van der Waals surface area contributed by atoms with Gasteiger partial charge in [0.05, 0.1) is 13.0 Å². The zero-order valence-electron chi connectivity index (χ0n) is 19.6. The number of β-lactam (4-membered cyclic amide) rings is 1. The van der Waals surface area contributed by atoms with Gasteiger partial charge in [0.15, 0.2) is 0 Å². The van der Waals surface area contributed by atoms with E-state index in [2.05, 4.69) is 20.8 Å². The molecule has 1 aromatic heterocycles. The number of benzene rings is 1. The van der Waals surface area contributed by atoms with E-state index in [9.17, 15) is 19.5 Å². The largest absolute Gasteiger partial charge is 1.00 e. The van der Waals surface area contributed by atoms with Crippen LogP contribution in [0.4, 0.5) is 0 Å². The van der Waals surface area contributed by atoms with Gasteiger partial charge in [-0.2, -0.15) is 0 Å². The van der Waals surface area contributed by atoms with Gasteiger partial charge >= 0.3 is 35.5 Å². The first kappa shape index (κ1) is 25.0. The van der Waals surface area contributed by atoms with Gasteiger partial charge in [-0.1, -0.05) is 23.9 Å². The summed E-state index contributed by atoms with van der Waals surface area (Å²) >= 11 is 2.75. The molecule has 0 bridgehead atoms. The number of amides is 2. The van der Waals surface area contributed by atoms with Crippen LogP contribution in [0.5, 0.6) is 5.75 Å². The van der Waals surface area contributed by atoms with Crippen molar-refractivity contribution < 1.29 is 55.2 Å². The summed E-state index contributed by atoms with van der Waals surface area (Å²) in [5.41, 5.74) is 2.53. The van der Waals surface area contributed by atoms with Crippen molar-refractivity contribution in [1.29, 1.82) is 0 Å². The number of nitrogens with zero attached hydrogens (tertiary/aromatic N) is 5. The first-order valence-electron chi connectivity index (χ1n) is 10.2. The van der Waals surface area contributed by atoms with Crippen LogP contribution in [0.25, 0.3) is 0 Å². The fraction of sp³-hybridized carbons (Fsp3) is 0.400. The van der Waals surface area contributed by atoms with Crippen molar-refractivity contribution in [2.45, 2.75) is 29.4 Å². The molecule has 1 saturated heterocycles. The molecule has 34 heavy (non-hydrogen) atoms. The van der Waals surface area contributed by atoms with E-state index >= 15 is 0 Å². The number of carboxylic acids is 1. The maximum absolute atomic E-state index is 12.8. The van der Waals surface area contributed by atoms with Crippen LogP contribution in [0.2, 0.25) is 0 Å². The van der Waals surface area contributed by atoms with E-state index in [4.69, 9.17) is 4.74 Å². The van der Waals surface area contributed by atoms with Crippen molar-refractivity contribution in [3.8, 4) is 5.75 Å². The van der Waals surface area contributed by atoms with Crippen molar-refractivity contribution in [2.75, 3.05) is 18.1 Å². The normalized spacial score (nSPS) is 20.6. The fourth-order valence-corrected chi connectivity index (χ4v) is 6.38. The summed E-state index contributed by atoms with van der Waals surface area (Å²) in [5, 5.41) is 23.9. The molecule has 0 spiro atoms. The monoisotopic (exact) mass is 512 g/mol. The molecule has 3 aliphatic heterocycles. The maximum Gasteiger partial charge on any atom is 1.00 e. The van der Waals surface area contributed by atoms with Crippen molar-refractivity contribution in [3.05, 3.63) is 40.6 Å². The molecule has 4 heterocycles. The molecule has 1 aromatic carbocycles. The van der Waals surface area contributed by atoms with E-state index in [0.717, 1.165) is 23.3 Å². The number of carboxylic acid groups (broad SMARTS) is 1. The Morgan fingerprint density at radius 1 is 1.41 bits per heavy atom. The molecule has 0 radical (unpaired) electrons. The van der Waals surface area contributed by atoms with Crippen LogP contribution in [0.3, 0.4) is 0 Å². The van der Waals surface area contributed by atoms with Gasteiger partial charge < -0.3 is 16.6 Å². The van der Waals surface area contributed by atoms with Crippen LogP contribution in [0.1, 0.15) is 12.6 Å². The molecule has 11 nitrogen and oxygen atoms in total. The van der Waals surface area contributed by atoms with Crippen molar-refractivity contribution in [2.24, 2.45) is 7.05 Å². The van der Waals surface area contributed by atoms with Gasteiger partial charge in [0.25, 0.3) is 5.91 Å². The molecular formula is C20H21N6NaO5S2. The van der Waals surface area contributed by atoms with E-state index < -0.39 is 23.3 Å². The predicted molar refractivity (Wildman–Crippen MR) is 120 cm³/mol. The van der Waals surface area contributed by atoms with Crippen LogP contribution >= 0.6 is 23.5 Å². The molecule has 174 valence electrons. The maximum atomic E-state index is 12.8. The second-order valence-corrected chi connectivity index (χ2v) is 9.85. The predicted octanol–water partition coefficient (Wildman–Crippen LogP) is -2.67. The molecule has 5 rings (SSSR count). The van der Waals surface area contributed by atoms with E-state index in [1.165, 1.54) is 33.1 Å². The quantitative estimate of drug-likeness (QED) is 0.229. The SMILES string of the molecule is Cn1nnnc1SCC1=C(C(=O)O)N2C(=O)C(NC(=O)Cc3ccc4c(c3)CCO4)C2SC1.[H-].[Na+]. The molecule has 0 aliphatic carbocycles. The Morgan fingerprint density at radius 3 is 2.97 bits per heavy atom. The standard InChI is InChI=1S/C20H20N6O5S2.Na.H/c1-25-20(22-23-24-25)33-9-12-8-32-18-15(17(28)26(18)16(12)19(29)30)21-14(27)7-10-2-3-13-11(6-10)4-5-31-13;;/h2-3,6,15,18H,4-5,7-9H2,1H3,(H,21,27)(H,29,30);;/q;+1;-1. The molecule has 2 atom stereocenters. The summed E-state index contributed by atoms with van der Waals surface area (Å²) in [4.78, 5) is 38.7. The van der Waals surface area contributed by atoms with E-state index in [1.807, 2.05) is 18.2 Å². The average molecular weight is 513 g/mol. The number of aryl methyl sites for hydroxylation is 1. The number of thioether (sulfide) groups is 2. The number of tetrazole rings is 1. The molecular weight excluding hydrogens is 491 g/mol. The second kappa shape index (κ2) is 10.3. The first-order chi connectivity index (χ1) is 15.9. The zero-order valence-corrected chi connectivity index (χ0v) is 22.2. The van der Waals surface area contributed by atoms with Gasteiger partial charge in [-0.05, 0) is 33.2 Å². The Morgan fingerprint density at radius 2 is 2.24 bits per heavy atom. The summed E-state index contributed by atoms with van der Waals surface area (Å²) in [6.45, 7) is 0.645. The van der Waals surface area contributed by atoms with Gasteiger partial charge in [-0.25, -0.2) is 9.48 Å². The van der Waals surface area contributed by atoms with Crippen LogP contribution in [0, 0.1) is 0 Å². The number of hydrogen-bond donors (Lipinski definition) is 2. The number of aliphatic carboxylic acids is 1. The molecule has 1 fully saturated rings. The van der Waals surface area contributed by atoms with Crippen LogP contribution in [-0.2, 0) is 34.3 Å². The van der Waals surface area contributed by atoms with E-state index in [0.29, 0.717) is 28.8 Å². The second-order valence-electron chi connectivity index (χ2n) is 7.80. The first-order valence-corrected chi connectivity index (χ1v) is 12.2. The topological polar surface area (TPSA) is 140 Å². The number of carbonyl (C=O) groups is 3. The minimum atomic E-state index is -1.16. The third kappa shape index (κ3) is 4.71. The number of rotatable bonds is 7. The van der Waals surface area contributed by atoms with Crippen molar-refractivity contribution in [1.82, 2.24) is 30.4 Å². The van der Waals surface area contributed by atoms with Crippen LogP contribution in [-0.4, -0.2) is 77.5 Å². The Bertz CT molecular complexity index is 1190.